The first-order valence-electron chi connectivity index (χ1n) is 4.94. The Labute approximate surface area is 114 Å². The van der Waals surface area contributed by atoms with E-state index in [2.05, 4.69) is 10.2 Å². The van der Waals surface area contributed by atoms with Gasteiger partial charge in [0.15, 0.2) is 10.2 Å². The number of rotatable bonds is 3. The van der Waals surface area contributed by atoms with Crippen LogP contribution in [-0.4, -0.2) is 18.6 Å². The molecule has 1 aromatic heterocycles. The Morgan fingerprint density at radius 2 is 1.61 bits per heavy atom. The number of aromatic nitrogens is 2. The van der Waals surface area contributed by atoms with Crippen molar-refractivity contribution >= 4 is 33.0 Å². The van der Waals surface area contributed by atoms with Crippen LogP contribution in [-0.2, 0) is 15.6 Å². The van der Waals surface area contributed by atoms with E-state index < -0.39 is 9.84 Å². The first kappa shape index (κ1) is 13.3. The number of nitrogens with zero attached hydrogens (tertiary/aromatic N) is 2. The van der Waals surface area contributed by atoms with Gasteiger partial charge >= 0.3 is 0 Å². The lowest BCUT2D eigenvalue weighted by Gasteiger charge is -2.03. The molecule has 0 N–H and O–H groups in total. The molecule has 0 amide bonds. The number of hydrogen-bond acceptors (Lipinski definition) is 4. The van der Waals surface area contributed by atoms with Crippen molar-refractivity contribution in [2.45, 2.75) is 10.8 Å². The lowest BCUT2D eigenvalue weighted by molar-refractivity contribution is 0.589. The minimum absolute atomic E-state index is 0.0955. The summed E-state index contributed by atoms with van der Waals surface area (Å²) in [5.74, 6) is -0.152. The van der Waals surface area contributed by atoms with Crippen molar-refractivity contribution < 1.29 is 8.42 Å². The van der Waals surface area contributed by atoms with Gasteiger partial charge in [0.1, 0.15) is 0 Å². The monoisotopic (exact) mass is 302 g/mol. The Morgan fingerprint density at radius 3 is 2.17 bits per heavy atom. The second-order valence-electron chi connectivity index (χ2n) is 3.58. The van der Waals surface area contributed by atoms with Crippen LogP contribution in [0.4, 0.5) is 0 Å². The van der Waals surface area contributed by atoms with Crippen molar-refractivity contribution in [1.29, 1.82) is 0 Å². The van der Waals surface area contributed by atoms with E-state index in [0.29, 0.717) is 10.6 Å². The van der Waals surface area contributed by atoms with Crippen LogP contribution >= 0.6 is 23.2 Å². The molecule has 2 aromatic rings. The van der Waals surface area contributed by atoms with Gasteiger partial charge in [-0.2, -0.15) is 0 Å². The molecule has 0 unspecified atom stereocenters. The molecule has 0 atom stereocenters. The molecule has 0 aliphatic rings. The first-order chi connectivity index (χ1) is 8.47. The third kappa shape index (κ3) is 3.19. The standard InChI is InChI=1S/C11H8Cl2N2O2S/c12-9-3-1-8(2-4-9)7-18(16,17)11-6-5-10(13)14-15-11/h1-6H,7H2. The predicted octanol–water partition coefficient (Wildman–Crippen LogP) is 2.76. The van der Waals surface area contributed by atoms with Crippen LogP contribution in [0.25, 0.3) is 0 Å². The minimum atomic E-state index is -3.52. The average molecular weight is 303 g/mol. The lowest BCUT2D eigenvalue weighted by Crippen LogP contribution is -2.07. The van der Waals surface area contributed by atoms with Gasteiger partial charge in [-0.15, -0.1) is 10.2 Å². The SMILES string of the molecule is O=S(=O)(Cc1ccc(Cl)cc1)c1ccc(Cl)nn1. The molecule has 0 aliphatic carbocycles. The summed E-state index contributed by atoms with van der Waals surface area (Å²) in [6, 6.07) is 9.32. The molecule has 0 aliphatic heterocycles. The summed E-state index contributed by atoms with van der Waals surface area (Å²) in [7, 11) is -3.52. The van der Waals surface area contributed by atoms with E-state index >= 15 is 0 Å². The van der Waals surface area contributed by atoms with Crippen LogP contribution in [0.5, 0.6) is 0 Å². The van der Waals surface area contributed by atoms with Crippen molar-refractivity contribution in [3.8, 4) is 0 Å². The van der Waals surface area contributed by atoms with Crippen molar-refractivity contribution in [2.75, 3.05) is 0 Å². The number of benzene rings is 1. The maximum Gasteiger partial charge on any atom is 0.201 e. The highest BCUT2D eigenvalue weighted by atomic mass is 35.5. The Morgan fingerprint density at radius 1 is 0.944 bits per heavy atom. The molecule has 0 radical (unpaired) electrons. The van der Waals surface area contributed by atoms with Gasteiger partial charge in [0.2, 0.25) is 9.84 Å². The molecular weight excluding hydrogens is 295 g/mol. The van der Waals surface area contributed by atoms with Crippen molar-refractivity contribution in [3.63, 3.8) is 0 Å². The van der Waals surface area contributed by atoms with E-state index in [0.717, 1.165) is 0 Å². The molecule has 0 bridgehead atoms. The molecule has 0 saturated heterocycles. The van der Waals surface area contributed by atoms with Crippen LogP contribution in [0.3, 0.4) is 0 Å². The number of sulfone groups is 1. The highest BCUT2D eigenvalue weighted by molar-refractivity contribution is 7.90. The zero-order valence-corrected chi connectivity index (χ0v) is 11.4. The maximum absolute atomic E-state index is 12.0. The van der Waals surface area contributed by atoms with Crippen molar-refractivity contribution in [1.82, 2.24) is 10.2 Å². The highest BCUT2D eigenvalue weighted by Gasteiger charge is 2.17. The quantitative estimate of drug-likeness (QED) is 0.875. The van der Waals surface area contributed by atoms with Gasteiger partial charge in [0.25, 0.3) is 0 Å². The Hall–Kier alpha value is -1.17. The van der Waals surface area contributed by atoms with Crippen molar-refractivity contribution in [2.24, 2.45) is 0 Å². The van der Waals surface area contributed by atoms with E-state index in [1.807, 2.05) is 0 Å². The molecule has 0 spiro atoms. The van der Waals surface area contributed by atoms with E-state index in [-0.39, 0.29) is 15.9 Å². The summed E-state index contributed by atoms with van der Waals surface area (Å²) >= 11 is 11.3. The van der Waals surface area contributed by atoms with Gasteiger partial charge in [-0.25, -0.2) is 8.42 Å². The van der Waals surface area contributed by atoms with Gasteiger partial charge in [-0.1, -0.05) is 35.3 Å². The second kappa shape index (κ2) is 5.22. The van der Waals surface area contributed by atoms with Crippen molar-refractivity contribution in [3.05, 3.63) is 52.1 Å². The molecule has 0 fully saturated rings. The third-order valence-electron chi connectivity index (χ3n) is 2.20. The summed E-state index contributed by atoms with van der Waals surface area (Å²) in [6.45, 7) is 0. The Bertz CT molecular complexity index is 640. The zero-order chi connectivity index (χ0) is 13.2. The molecule has 4 nitrogen and oxygen atoms in total. The van der Waals surface area contributed by atoms with E-state index in [1.165, 1.54) is 12.1 Å². The molecule has 94 valence electrons. The summed E-state index contributed by atoms with van der Waals surface area (Å²) in [6.07, 6.45) is 0. The normalized spacial score (nSPS) is 11.4. The number of hydrogen-bond donors (Lipinski definition) is 0. The van der Waals surface area contributed by atoms with Gasteiger partial charge in [0, 0.05) is 5.02 Å². The van der Waals surface area contributed by atoms with Crippen LogP contribution < -0.4 is 0 Å². The van der Waals surface area contributed by atoms with Crippen LogP contribution in [0.1, 0.15) is 5.56 Å². The summed E-state index contributed by atoms with van der Waals surface area (Å²) < 4.78 is 24.0. The van der Waals surface area contributed by atoms with E-state index in [1.54, 1.807) is 24.3 Å². The molecule has 0 saturated carbocycles. The minimum Gasteiger partial charge on any atom is -0.222 e. The fourth-order valence-electron chi connectivity index (χ4n) is 1.34. The molecule has 1 heterocycles. The number of halogens is 2. The first-order valence-corrected chi connectivity index (χ1v) is 7.35. The third-order valence-corrected chi connectivity index (χ3v) is 4.22. The summed E-state index contributed by atoms with van der Waals surface area (Å²) in [5.41, 5.74) is 0.635. The zero-order valence-electron chi connectivity index (χ0n) is 9.05. The summed E-state index contributed by atoms with van der Waals surface area (Å²) in [5, 5.41) is 7.70. The lowest BCUT2D eigenvalue weighted by atomic mass is 10.2. The van der Waals surface area contributed by atoms with Gasteiger partial charge in [-0.3, -0.25) is 0 Å². The smallest absolute Gasteiger partial charge is 0.201 e. The summed E-state index contributed by atoms with van der Waals surface area (Å²) in [4.78, 5) is 0. The van der Waals surface area contributed by atoms with Gasteiger partial charge in [-0.05, 0) is 29.8 Å². The van der Waals surface area contributed by atoms with Gasteiger partial charge < -0.3 is 0 Å². The average Bonchev–Trinajstić information content (AvgIpc) is 2.32. The van der Waals surface area contributed by atoms with E-state index in [9.17, 15) is 8.42 Å². The highest BCUT2D eigenvalue weighted by Crippen LogP contribution is 2.16. The Kier molecular flexibility index (Phi) is 3.85. The fourth-order valence-corrected chi connectivity index (χ4v) is 2.79. The van der Waals surface area contributed by atoms with Gasteiger partial charge in [0.05, 0.1) is 5.75 Å². The molecule has 2 rings (SSSR count). The molecule has 7 heteroatoms. The molecule has 1 aromatic carbocycles. The maximum atomic E-state index is 12.0. The van der Waals surface area contributed by atoms with Crippen LogP contribution in [0.2, 0.25) is 10.2 Å². The molecular formula is C11H8Cl2N2O2S. The second-order valence-corrected chi connectivity index (χ2v) is 6.34. The largest absolute Gasteiger partial charge is 0.222 e. The van der Waals surface area contributed by atoms with E-state index in [4.69, 9.17) is 23.2 Å². The molecule has 18 heavy (non-hydrogen) atoms. The van der Waals surface area contributed by atoms with Crippen LogP contribution in [0.15, 0.2) is 41.4 Å². The predicted molar refractivity (Wildman–Crippen MR) is 69.4 cm³/mol. The Balaban J connectivity index is 2.27. The van der Waals surface area contributed by atoms with Crippen LogP contribution in [0, 0.1) is 0 Å². The fraction of sp³-hybridized carbons (Fsp3) is 0.0909. The topological polar surface area (TPSA) is 59.9 Å².